The van der Waals surface area contributed by atoms with Crippen LogP contribution in [0.3, 0.4) is 0 Å². The largest absolute Gasteiger partial charge is 0.573 e. The van der Waals surface area contributed by atoms with Crippen LogP contribution in [0.15, 0.2) is 79.1 Å². The molecule has 5 nitrogen and oxygen atoms in total. The number of hydrogen-bond donors (Lipinski definition) is 1. The summed E-state index contributed by atoms with van der Waals surface area (Å²) in [6.45, 7) is 0. The van der Waals surface area contributed by atoms with Crippen LogP contribution in [0, 0.1) is 0 Å². The molecule has 0 fully saturated rings. The number of amides is 1. The summed E-state index contributed by atoms with van der Waals surface area (Å²) < 4.78 is 43.4. The van der Waals surface area contributed by atoms with Crippen LogP contribution in [-0.4, -0.2) is 21.7 Å². The first-order valence-corrected chi connectivity index (χ1v) is 8.59. The number of nitrogens with zero attached hydrogens (tertiary/aromatic N) is 2. The lowest BCUT2D eigenvalue weighted by Gasteiger charge is -2.13. The van der Waals surface area contributed by atoms with Crippen LogP contribution in [0.25, 0.3) is 16.9 Å². The van der Waals surface area contributed by atoms with Crippen LogP contribution < -0.4 is 10.1 Å². The first-order chi connectivity index (χ1) is 13.9. The van der Waals surface area contributed by atoms with E-state index in [4.69, 9.17) is 0 Å². The Kier molecular flexibility index (Phi) is 4.67. The number of carbonyl (C=O) groups is 1. The Labute approximate surface area is 163 Å². The highest BCUT2D eigenvalue weighted by atomic mass is 19.4. The van der Waals surface area contributed by atoms with Gasteiger partial charge in [0.1, 0.15) is 11.4 Å². The van der Waals surface area contributed by atoms with E-state index < -0.39 is 18.0 Å². The third kappa shape index (κ3) is 4.21. The van der Waals surface area contributed by atoms with Gasteiger partial charge in [-0.1, -0.05) is 30.3 Å². The number of rotatable bonds is 4. The van der Waals surface area contributed by atoms with Gasteiger partial charge < -0.3 is 14.5 Å². The van der Waals surface area contributed by atoms with Crippen molar-refractivity contribution < 1.29 is 22.7 Å². The fourth-order valence-corrected chi connectivity index (χ4v) is 2.86. The van der Waals surface area contributed by atoms with Gasteiger partial charge in [-0.05, 0) is 36.4 Å². The van der Waals surface area contributed by atoms with Crippen LogP contribution in [0.4, 0.5) is 18.9 Å². The van der Waals surface area contributed by atoms with Crippen molar-refractivity contribution >= 4 is 17.2 Å². The molecule has 2 aromatic carbocycles. The third-order valence-corrected chi connectivity index (χ3v) is 4.16. The van der Waals surface area contributed by atoms with Crippen molar-refractivity contribution in [3.05, 3.63) is 84.7 Å². The van der Waals surface area contributed by atoms with Crippen LogP contribution in [0.1, 0.15) is 10.4 Å². The number of benzene rings is 2. The number of nitrogens with one attached hydrogen (secondary N) is 1. The van der Waals surface area contributed by atoms with Gasteiger partial charge in [0.05, 0.1) is 11.3 Å². The summed E-state index contributed by atoms with van der Waals surface area (Å²) in [4.78, 5) is 16.9. The summed E-state index contributed by atoms with van der Waals surface area (Å²) in [5.74, 6) is -1.26. The predicted octanol–water partition coefficient (Wildman–Crippen LogP) is 5.15. The molecule has 0 saturated heterocycles. The molecule has 2 heterocycles. The van der Waals surface area contributed by atoms with Gasteiger partial charge in [-0.3, -0.25) is 4.79 Å². The number of imidazole rings is 1. The average molecular weight is 397 g/mol. The van der Waals surface area contributed by atoms with E-state index in [1.165, 1.54) is 18.2 Å². The number of halogens is 3. The summed E-state index contributed by atoms with van der Waals surface area (Å²) >= 11 is 0. The standard InChI is InChI=1S/C21H14F3N3O2/c22-21(23,24)29-18-6-2-1-5-16(18)20(28)25-15-10-8-14(9-11-15)17-13-27-12-4-3-7-19(27)26-17/h1-13H,(H,25,28). The van der Waals surface area contributed by atoms with E-state index in [-0.39, 0.29) is 5.56 Å². The van der Waals surface area contributed by atoms with E-state index in [1.807, 2.05) is 35.0 Å². The Hall–Kier alpha value is -3.81. The van der Waals surface area contributed by atoms with Crippen LogP contribution in [-0.2, 0) is 0 Å². The molecular weight excluding hydrogens is 383 g/mol. The lowest BCUT2D eigenvalue weighted by molar-refractivity contribution is -0.274. The van der Waals surface area contributed by atoms with Gasteiger partial charge in [0.25, 0.3) is 5.91 Å². The first-order valence-electron chi connectivity index (χ1n) is 8.59. The first kappa shape index (κ1) is 18.5. The number of aromatic nitrogens is 2. The van der Waals surface area contributed by atoms with Gasteiger partial charge in [0.15, 0.2) is 0 Å². The average Bonchev–Trinajstić information content (AvgIpc) is 3.12. The number of anilines is 1. The molecule has 0 bridgehead atoms. The Morgan fingerprint density at radius 2 is 1.69 bits per heavy atom. The van der Waals surface area contributed by atoms with E-state index >= 15 is 0 Å². The summed E-state index contributed by atoms with van der Waals surface area (Å²) in [5, 5.41) is 2.58. The zero-order valence-electron chi connectivity index (χ0n) is 14.9. The summed E-state index contributed by atoms with van der Waals surface area (Å²) in [5.41, 5.74) is 2.63. The van der Waals surface area contributed by atoms with Crippen molar-refractivity contribution in [2.45, 2.75) is 6.36 Å². The maximum atomic E-state index is 12.5. The van der Waals surface area contributed by atoms with Crippen LogP contribution in [0.2, 0.25) is 0 Å². The minimum atomic E-state index is -4.88. The van der Waals surface area contributed by atoms with E-state index in [1.54, 1.807) is 24.3 Å². The Morgan fingerprint density at radius 1 is 0.966 bits per heavy atom. The molecule has 8 heteroatoms. The summed E-state index contributed by atoms with van der Waals surface area (Å²) in [7, 11) is 0. The van der Waals surface area contributed by atoms with Crippen LogP contribution in [0.5, 0.6) is 5.75 Å². The fourth-order valence-electron chi connectivity index (χ4n) is 2.86. The predicted molar refractivity (Wildman–Crippen MR) is 102 cm³/mol. The van der Waals surface area contributed by atoms with E-state index in [9.17, 15) is 18.0 Å². The van der Waals surface area contributed by atoms with Gasteiger partial charge >= 0.3 is 6.36 Å². The van der Waals surface area contributed by atoms with Crippen molar-refractivity contribution in [3.63, 3.8) is 0 Å². The van der Waals surface area contributed by atoms with Gasteiger partial charge in [-0.15, -0.1) is 13.2 Å². The zero-order chi connectivity index (χ0) is 20.4. The Morgan fingerprint density at radius 3 is 2.41 bits per heavy atom. The molecule has 0 spiro atoms. The summed E-state index contributed by atoms with van der Waals surface area (Å²) in [6, 6.07) is 17.7. The molecule has 1 amide bonds. The molecule has 0 saturated carbocycles. The monoisotopic (exact) mass is 397 g/mol. The minimum absolute atomic E-state index is 0.214. The molecule has 1 N–H and O–H groups in total. The van der Waals surface area contributed by atoms with Gasteiger partial charge in [-0.25, -0.2) is 4.98 Å². The summed E-state index contributed by atoms with van der Waals surface area (Å²) in [6.07, 6.45) is -1.11. The number of hydrogen-bond acceptors (Lipinski definition) is 3. The molecule has 29 heavy (non-hydrogen) atoms. The van der Waals surface area contributed by atoms with E-state index in [0.717, 1.165) is 23.0 Å². The maximum Gasteiger partial charge on any atom is 0.573 e. The van der Waals surface area contributed by atoms with Gasteiger partial charge in [0.2, 0.25) is 0 Å². The van der Waals surface area contributed by atoms with Crippen molar-refractivity contribution in [1.82, 2.24) is 9.38 Å². The van der Waals surface area contributed by atoms with E-state index in [0.29, 0.717) is 5.69 Å². The van der Waals surface area contributed by atoms with Crippen molar-refractivity contribution in [1.29, 1.82) is 0 Å². The lowest BCUT2D eigenvalue weighted by atomic mass is 10.1. The lowest BCUT2D eigenvalue weighted by Crippen LogP contribution is -2.20. The molecule has 0 radical (unpaired) electrons. The number of pyridine rings is 1. The topological polar surface area (TPSA) is 55.6 Å². The molecule has 0 atom stereocenters. The maximum absolute atomic E-state index is 12.5. The number of ether oxygens (including phenoxy) is 1. The van der Waals surface area contributed by atoms with Crippen molar-refractivity contribution in [2.24, 2.45) is 0 Å². The van der Waals surface area contributed by atoms with E-state index in [2.05, 4.69) is 15.0 Å². The molecule has 0 aliphatic rings. The molecular formula is C21H14F3N3O2. The highest BCUT2D eigenvalue weighted by Gasteiger charge is 2.32. The number of fused-ring (bicyclic) bond motifs is 1. The number of alkyl halides is 3. The molecule has 2 aromatic heterocycles. The van der Waals surface area contributed by atoms with Crippen molar-refractivity contribution in [3.8, 4) is 17.0 Å². The quantitative estimate of drug-likeness (QED) is 0.518. The minimum Gasteiger partial charge on any atom is -0.405 e. The van der Waals surface area contributed by atoms with Crippen molar-refractivity contribution in [2.75, 3.05) is 5.32 Å². The second-order valence-corrected chi connectivity index (χ2v) is 6.17. The molecule has 4 aromatic rings. The third-order valence-electron chi connectivity index (χ3n) is 4.16. The second-order valence-electron chi connectivity index (χ2n) is 6.17. The fraction of sp³-hybridized carbons (Fsp3) is 0.0476. The Balaban J connectivity index is 1.53. The molecule has 0 aliphatic heterocycles. The highest BCUT2D eigenvalue weighted by molar-refractivity contribution is 6.06. The number of carbonyl (C=O) groups excluding carboxylic acids is 1. The SMILES string of the molecule is O=C(Nc1ccc(-c2cn3ccccc3n2)cc1)c1ccccc1OC(F)(F)F. The van der Waals surface area contributed by atoms with Crippen LogP contribution >= 0.6 is 0 Å². The second kappa shape index (κ2) is 7.31. The Bertz CT molecular complexity index is 1130. The molecule has 0 aliphatic carbocycles. The normalized spacial score (nSPS) is 11.4. The smallest absolute Gasteiger partial charge is 0.405 e. The van der Waals surface area contributed by atoms with Gasteiger partial charge in [-0.2, -0.15) is 0 Å². The molecule has 0 unspecified atom stereocenters. The zero-order valence-corrected chi connectivity index (χ0v) is 14.9. The molecule has 4 rings (SSSR count). The molecule has 146 valence electrons. The van der Waals surface area contributed by atoms with Gasteiger partial charge in [0, 0.05) is 23.6 Å². The highest BCUT2D eigenvalue weighted by Crippen LogP contribution is 2.27. The number of para-hydroxylation sites is 1.